The van der Waals surface area contributed by atoms with Gasteiger partial charge in [-0.3, -0.25) is 14.4 Å². The molecule has 0 unspecified atom stereocenters. The molecule has 0 N–H and O–H groups in total. The molecule has 0 saturated heterocycles. The van der Waals surface area contributed by atoms with Gasteiger partial charge in [0, 0.05) is 20.8 Å². The largest absolute Gasteiger partial charge is 1.00 e. The Kier molecular flexibility index (Phi) is 15.2. The van der Waals surface area contributed by atoms with E-state index in [0.29, 0.717) is 0 Å². The third-order valence-electron chi connectivity index (χ3n) is 0.963. The molecule has 0 aromatic rings. The smallest absolute Gasteiger partial charge is 1.00 e. The summed E-state index contributed by atoms with van der Waals surface area (Å²) in [5.41, 5.74) is 0. The molecule has 0 radical (unpaired) electrons. The first kappa shape index (κ1) is 20.8. The molecule has 0 aliphatic rings. The number of carbonyl (C=O) groups is 3. The Balaban J connectivity index is -0.000000240. The van der Waals surface area contributed by atoms with Gasteiger partial charge in [-0.05, 0) is 0 Å². The molecule has 0 rings (SSSR count). The molecule has 0 atom stereocenters. The van der Waals surface area contributed by atoms with Crippen molar-refractivity contribution in [3.05, 3.63) is 0 Å². The van der Waals surface area contributed by atoms with E-state index < -0.39 is 25.2 Å². The monoisotopic (exact) mass is 236 g/mol. The predicted molar refractivity (Wildman–Crippen MR) is 43.6 cm³/mol. The van der Waals surface area contributed by atoms with Gasteiger partial charge < -0.3 is 15.4 Å². The average Bonchev–Trinajstić information content (AvgIpc) is 1.80. The van der Waals surface area contributed by atoms with Gasteiger partial charge in [-0.1, -0.05) is 0 Å². The van der Waals surface area contributed by atoms with E-state index in [4.69, 9.17) is 0 Å². The fourth-order valence-electron chi connectivity index (χ4n) is 0.586. The molecular formula is C6H11BNa2O6. The number of hydrogen-bond acceptors (Lipinski definition) is 6. The van der Waals surface area contributed by atoms with Crippen molar-refractivity contribution < 1.29 is 88.9 Å². The van der Waals surface area contributed by atoms with E-state index in [1.807, 2.05) is 0 Å². The minimum absolute atomic E-state index is 0. The van der Waals surface area contributed by atoms with Gasteiger partial charge in [0.2, 0.25) is 0 Å². The summed E-state index contributed by atoms with van der Waals surface area (Å²) in [6, 6.07) is 0. The third-order valence-corrected chi connectivity index (χ3v) is 0.963. The van der Waals surface area contributed by atoms with Crippen LogP contribution in [0.1, 0.15) is 22.2 Å². The Hall–Kier alpha value is 0.475. The zero-order valence-electron chi connectivity index (χ0n) is 10.7. The zero-order valence-corrected chi connectivity index (χ0v) is 13.7. The topological polar surface area (TPSA) is 78.9 Å². The van der Waals surface area contributed by atoms with E-state index in [0.717, 1.165) is 20.8 Å². The summed E-state index contributed by atoms with van der Waals surface area (Å²) in [5, 5.41) is 0. The van der Waals surface area contributed by atoms with Gasteiger partial charge in [0.15, 0.2) is 0 Å². The van der Waals surface area contributed by atoms with Crippen molar-refractivity contribution in [2.45, 2.75) is 20.8 Å². The molecule has 15 heavy (non-hydrogen) atoms. The van der Waals surface area contributed by atoms with Gasteiger partial charge in [-0.15, -0.1) is 0 Å². The molecule has 0 spiro atoms. The predicted octanol–water partition coefficient (Wildman–Crippen LogP) is -6.49. The second-order valence-electron chi connectivity index (χ2n) is 2.26. The van der Waals surface area contributed by atoms with E-state index in [1.165, 1.54) is 0 Å². The van der Waals surface area contributed by atoms with Crippen LogP contribution in [0.4, 0.5) is 0 Å². The maximum atomic E-state index is 10.4. The SMILES string of the molecule is CC(=O)O[BH-](OC(C)=O)OC(C)=O.[H-].[Na+].[Na+]. The summed E-state index contributed by atoms with van der Waals surface area (Å²) in [6.45, 7) is 3.35. The molecule has 0 saturated carbocycles. The van der Waals surface area contributed by atoms with E-state index in [9.17, 15) is 14.4 Å². The van der Waals surface area contributed by atoms with Crippen LogP contribution in [-0.4, -0.2) is 25.2 Å². The van der Waals surface area contributed by atoms with Crippen LogP contribution in [0, 0.1) is 0 Å². The minimum Gasteiger partial charge on any atom is -1.00 e. The molecule has 0 bridgehead atoms. The van der Waals surface area contributed by atoms with E-state index >= 15 is 0 Å². The van der Waals surface area contributed by atoms with Crippen molar-refractivity contribution >= 4 is 25.2 Å². The van der Waals surface area contributed by atoms with E-state index in [-0.39, 0.29) is 60.5 Å². The van der Waals surface area contributed by atoms with Crippen LogP contribution >= 0.6 is 0 Å². The maximum Gasteiger partial charge on any atom is 1.00 e. The first-order valence-electron chi connectivity index (χ1n) is 3.59. The molecular weight excluding hydrogens is 225 g/mol. The van der Waals surface area contributed by atoms with E-state index in [2.05, 4.69) is 14.0 Å². The van der Waals surface area contributed by atoms with Gasteiger partial charge in [-0.25, -0.2) is 0 Å². The van der Waals surface area contributed by atoms with Gasteiger partial charge >= 0.3 is 66.4 Å². The molecule has 0 aromatic heterocycles. The van der Waals surface area contributed by atoms with Gasteiger partial charge in [-0.2, -0.15) is 0 Å². The molecule has 0 aromatic carbocycles. The van der Waals surface area contributed by atoms with Crippen molar-refractivity contribution in [3.8, 4) is 0 Å². The number of hydrogen-bond donors (Lipinski definition) is 0. The van der Waals surface area contributed by atoms with E-state index in [1.54, 1.807) is 0 Å². The van der Waals surface area contributed by atoms with Crippen LogP contribution in [0.25, 0.3) is 0 Å². The van der Waals surface area contributed by atoms with Crippen LogP contribution < -0.4 is 59.1 Å². The summed E-state index contributed by atoms with van der Waals surface area (Å²) in [6.07, 6.45) is 0. The molecule has 0 aliphatic heterocycles. The molecule has 9 heteroatoms. The Morgan fingerprint density at radius 3 is 1.13 bits per heavy atom. The summed E-state index contributed by atoms with van der Waals surface area (Å²) in [5.74, 6) is -2.03. The Bertz CT molecular complexity index is 201. The standard InChI is InChI=1S/C6H10BO6.2Na.H/c1-4(8)11-7(12-5(2)9)13-6(3)10;;;/h7H,1-3H3;;;/q-1;2*+1;-1. The molecule has 0 heterocycles. The van der Waals surface area contributed by atoms with Gasteiger partial charge in [0.05, 0.1) is 0 Å². The van der Waals surface area contributed by atoms with Gasteiger partial charge in [0.1, 0.15) is 0 Å². The summed E-state index contributed by atoms with van der Waals surface area (Å²) in [7, 11) is -2.41. The molecule has 6 nitrogen and oxygen atoms in total. The third kappa shape index (κ3) is 14.5. The quantitative estimate of drug-likeness (QED) is 0.453. The van der Waals surface area contributed by atoms with Crippen molar-refractivity contribution in [1.29, 1.82) is 0 Å². The van der Waals surface area contributed by atoms with Crippen molar-refractivity contribution in [2.24, 2.45) is 0 Å². The Morgan fingerprint density at radius 2 is 1.00 bits per heavy atom. The van der Waals surface area contributed by atoms with Gasteiger partial charge in [0.25, 0.3) is 17.9 Å². The fourth-order valence-corrected chi connectivity index (χ4v) is 0.586. The first-order chi connectivity index (χ1) is 5.91. The molecule has 0 fully saturated rings. The summed E-state index contributed by atoms with van der Waals surface area (Å²) in [4.78, 5) is 31.3. The summed E-state index contributed by atoms with van der Waals surface area (Å²) >= 11 is 0. The number of rotatable bonds is 3. The minimum atomic E-state index is -2.41. The van der Waals surface area contributed by atoms with Crippen LogP contribution in [0.3, 0.4) is 0 Å². The maximum absolute atomic E-state index is 10.4. The second kappa shape index (κ2) is 11.0. The normalized spacial score (nSPS) is 8.00. The van der Waals surface area contributed by atoms with Crippen LogP contribution in [-0.2, 0) is 28.3 Å². The molecule has 0 aliphatic carbocycles. The first-order valence-corrected chi connectivity index (χ1v) is 3.59. The number of carbonyl (C=O) groups excluding carboxylic acids is 3. The summed E-state index contributed by atoms with van der Waals surface area (Å²) < 4.78 is 13.3. The Labute approximate surface area is 134 Å². The Morgan fingerprint density at radius 1 is 0.800 bits per heavy atom. The van der Waals surface area contributed by atoms with Crippen molar-refractivity contribution in [3.63, 3.8) is 0 Å². The average molecular weight is 236 g/mol. The molecule has 0 amide bonds. The van der Waals surface area contributed by atoms with Crippen molar-refractivity contribution in [2.75, 3.05) is 0 Å². The van der Waals surface area contributed by atoms with Crippen LogP contribution in [0.2, 0.25) is 0 Å². The molecule has 76 valence electrons. The fraction of sp³-hybridized carbons (Fsp3) is 0.500. The zero-order chi connectivity index (χ0) is 10.4. The van der Waals surface area contributed by atoms with Crippen LogP contribution in [0.15, 0.2) is 0 Å². The van der Waals surface area contributed by atoms with Crippen molar-refractivity contribution in [1.82, 2.24) is 0 Å². The van der Waals surface area contributed by atoms with Crippen LogP contribution in [0.5, 0.6) is 0 Å². The second-order valence-corrected chi connectivity index (χ2v) is 2.26.